The van der Waals surface area contributed by atoms with Crippen LogP contribution in [0.5, 0.6) is 0 Å². The summed E-state index contributed by atoms with van der Waals surface area (Å²) >= 11 is 0. The smallest absolute Gasteiger partial charge is 0.316 e. The van der Waals surface area contributed by atoms with Crippen molar-refractivity contribution in [2.24, 2.45) is 0 Å². The molecule has 0 aliphatic rings. The highest BCUT2D eigenvalue weighted by molar-refractivity contribution is 7.32. The minimum absolute atomic E-state index is 0.238. The van der Waals surface area contributed by atoms with Crippen LogP contribution in [0.1, 0.15) is 13.3 Å². The topological polar surface area (TPSA) is 46.5 Å². The van der Waals surface area contributed by atoms with Crippen molar-refractivity contribution >= 4 is 8.25 Å². The zero-order valence-corrected chi connectivity index (χ0v) is 6.33. The van der Waals surface area contributed by atoms with Crippen molar-refractivity contribution in [1.29, 1.82) is 0 Å². The van der Waals surface area contributed by atoms with Crippen LogP contribution in [-0.4, -0.2) is 11.5 Å². The molecule has 4 heteroatoms. The van der Waals surface area contributed by atoms with Gasteiger partial charge in [-0.05, 0) is 6.42 Å². The Balaban J connectivity index is 3.09. The van der Waals surface area contributed by atoms with Gasteiger partial charge in [0, 0.05) is 0 Å². The third-order valence-electron chi connectivity index (χ3n) is 0.705. The van der Waals surface area contributed by atoms with E-state index in [2.05, 4.69) is 4.52 Å². The molecule has 0 heterocycles. The van der Waals surface area contributed by atoms with E-state index in [4.69, 9.17) is 4.89 Å². The van der Waals surface area contributed by atoms with Gasteiger partial charge in [-0.3, -0.25) is 4.57 Å². The Morgan fingerprint density at radius 3 is 2.78 bits per heavy atom. The summed E-state index contributed by atoms with van der Waals surface area (Å²) in [5.41, 5.74) is 0. The van der Waals surface area contributed by atoms with Gasteiger partial charge in [0.25, 0.3) is 0 Å². The number of allylic oxidation sites excluding steroid dienone is 1. The molecule has 0 amide bonds. The summed E-state index contributed by atoms with van der Waals surface area (Å²) in [6, 6.07) is 0. The lowest BCUT2D eigenvalue weighted by Crippen LogP contribution is -1.77. The lowest BCUT2D eigenvalue weighted by atomic mass is 10.4. The molecule has 0 spiro atoms. The first-order valence-electron chi connectivity index (χ1n) is 2.78. The van der Waals surface area contributed by atoms with E-state index in [0.717, 1.165) is 6.42 Å². The standard InChI is InChI=1S/C5H11O3P/c1-2-3-4-5-8-9(6)7/h3-4,9H,2,5H2,1H3,(H,6,7). The van der Waals surface area contributed by atoms with Crippen LogP contribution >= 0.6 is 8.25 Å². The second-order valence-electron chi connectivity index (χ2n) is 1.46. The first-order valence-corrected chi connectivity index (χ1v) is 4.04. The molecule has 0 saturated heterocycles. The Morgan fingerprint density at radius 2 is 2.33 bits per heavy atom. The third kappa shape index (κ3) is 7.89. The second kappa shape index (κ2) is 6.02. The largest absolute Gasteiger partial charge is 0.326 e. The molecule has 54 valence electrons. The van der Waals surface area contributed by atoms with E-state index >= 15 is 0 Å². The number of rotatable bonds is 4. The van der Waals surface area contributed by atoms with E-state index in [1.807, 2.05) is 13.0 Å². The van der Waals surface area contributed by atoms with Gasteiger partial charge in [0.15, 0.2) is 0 Å². The van der Waals surface area contributed by atoms with Crippen LogP contribution in [0.15, 0.2) is 12.2 Å². The molecule has 0 rings (SSSR count). The molecular weight excluding hydrogens is 139 g/mol. The molecule has 0 fully saturated rings. The molecule has 0 aromatic carbocycles. The first-order chi connectivity index (χ1) is 4.27. The van der Waals surface area contributed by atoms with Gasteiger partial charge >= 0.3 is 8.25 Å². The summed E-state index contributed by atoms with van der Waals surface area (Å²) in [5.74, 6) is 0. The van der Waals surface area contributed by atoms with E-state index in [-0.39, 0.29) is 6.61 Å². The van der Waals surface area contributed by atoms with Gasteiger partial charge in [0.2, 0.25) is 0 Å². The summed E-state index contributed by atoms with van der Waals surface area (Å²) in [5, 5.41) is 0. The van der Waals surface area contributed by atoms with Gasteiger partial charge in [0.1, 0.15) is 0 Å². The fourth-order valence-electron chi connectivity index (χ4n) is 0.354. The summed E-state index contributed by atoms with van der Waals surface area (Å²) in [6.45, 7) is 2.22. The van der Waals surface area contributed by atoms with Crippen molar-refractivity contribution in [2.45, 2.75) is 13.3 Å². The molecular formula is C5H11O3P. The summed E-state index contributed by atoms with van der Waals surface area (Å²) in [6.07, 6.45) is 4.53. The van der Waals surface area contributed by atoms with Crippen molar-refractivity contribution in [2.75, 3.05) is 6.61 Å². The predicted molar refractivity (Wildman–Crippen MR) is 36.6 cm³/mol. The fraction of sp³-hybridized carbons (Fsp3) is 0.600. The monoisotopic (exact) mass is 150 g/mol. The number of hydrogen-bond acceptors (Lipinski definition) is 2. The average Bonchev–Trinajstić information content (AvgIpc) is 1.80. The fourth-order valence-corrected chi connectivity index (χ4v) is 0.593. The van der Waals surface area contributed by atoms with Crippen molar-refractivity contribution in [3.8, 4) is 0 Å². The summed E-state index contributed by atoms with van der Waals surface area (Å²) in [4.78, 5) is 8.14. The zero-order valence-electron chi connectivity index (χ0n) is 5.33. The molecule has 0 aromatic rings. The zero-order chi connectivity index (χ0) is 7.11. The molecule has 9 heavy (non-hydrogen) atoms. The first kappa shape index (κ1) is 8.89. The van der Waals surface area contributed by atoms with Crippen LogP contribution in [0.25, 0.3) is 0 Å². The van der Waals surface area contributed by atoms with Crippen LogP contribution in [0.3, 0.4) is 0 Å². The minimum Gasteiger partial charge on any atom is -0.326 e. The molecule has 0 aromatic heterocycles. The molecule has 0 aliphatic heterocycles. The molecule has 1 unspecified atom stereocenters. The predicted octanol–water partition coefficient (Wildman–Crippen LogP) is 1.35. The van der Waals surface area contributed by atoms with Gasteiger partial charge in [-0.15, -0.1) is 0 Å². The Kier molecular flexibility index (Phi) is 5.94. The Labute approximate surface area is 55.3 Å². The maximum atomic E-state index is 9.89. The van der Waals surface area contributed by atoms with Crippen molar-refractivity contribution in [3.63, 3.8) is 0 Å². The van der Waals surface area contributed by atoms with E-state index in [9.17, 15) is 4.57 Å². The molecule has 0 radical (unpaired) electrons. The van der Waals surface area contributed by atoms with Gasteiger partial charge in [0.05, 0.1) is 6.61 Å². The molecule has 0 bridgehead atoms. The normalized spacial score (nSPS) is 14.4. The SMILES string of the molecule is CCC=CCO[PH](=O)O. The van der Waals surface area contributed by atoms with E-state index in [1.54, 1.807) is 6.08 Å². The van der Waals surface area contributed by atoms with Crippen LogP contribution in [0.4, 0.5) is 0 Å². The molecule has 0 aliphatic carbocycles. The van der Waals surface area contributed by atoms with Crippen LogP contribution in [0, 0.1) is 0 Å². The second-order valence-corrected chi connectivity index (χ2v) is 2.28. The maximum Gasteiger partial charge on any atom is 0.316 e. The highest BCUT2D eigenvalue weighted by atomic mass is 31.1. The molecule has 0 saturated carbocycles. The lowest BCUT2D eigenvalue weighted by Gasteiger charge is -1.90. The highest BCUT2D eigenvalue weighted by Gasteiger charge is 1.84. The van der Waals surface area contributed by atoms with Crippen molar-refractivity contribution in [1.82, 2.24) is 0 Å². The molecule has 1 atom stereocenters. The van der Waals surface area contributed by atoms with Crippen LogP contribution in [0.2, 0.25) is 0 Å². The van der Waals surface area contributed by atoms with Gasteiger partial charge in [-0.25, -0.2) is 0 Å². The average molecular weight is 150 g/mol. The lowest BCUT2D eigenvalue weighted by molar-refractivity contribution is 0.312. The van der Waals surface area contributed by atoms with Crippen molar-refractivity contribution in [3.05, 3.63) is 12.2 Å². The van der Waals surface area contributed by atoms with Gasteiger partial charge in [-0.1, -0.05) is 19.1 Å². The van der Waals surface area contributed by atoms with E-state index < -0.39 is 8.25 Å². The van der Waals surface area contributed by atoms with Crippen LogP contribution < -0.4 is 0 Å². The minimum atomic E-state index is -2.72. The quantitative estimate of drug-likeness (QED) is 0.486. The Bertz CT molecular complexity index is 111. The Hall–Kier alpha value is -0.110. The van der Waals surface area contributed by atoms with Gasteiger partial charge < -0.3 is 9.42 Å². The van der Waals surface area contributed by atoms with Gasteiger partial charge in [-0.2, -0.15) is 0 Å². The molecule has 3 nitrogen and oxygen atoms in total. The number of hydrogen-bond donors (Lipinski definition) is 1. The third-order valence-corrected chi connectivity index (χ3v) is 1.12. The summed E-state index contributed by atoms with van der Waals surface area (Å²) < 4.78 is 14.3. The van der Waals surface area contributed by atoms with Crippen LogP contribution in [-0.2, 0) is 9.09 Å². The van der Waals surface area contributed by atoms with E-state index in [0.29, 0.717) is 0 Å². The van der Waals surface area contributed by atoms with Crippen molar-refractivity contribution < 1.29 is 14.0 Å². The summed E-state index contributed by atoms with van der Waals surface area (Å²) in [7, 11) is -2.72. The van der Waals surface area contributed by atoms with E-state index in [1.165, 1.54) is 0 Å². The molecule has 1 N–H and O–H groups in total. The highest BCUT2D eigenvalue weighted by Crippen LogP contribution is 2.13. The Morgan fingerprint density at radius 1 is 1.67 bits per heavy atom. The maximum absolute atomic E-state index is 9.89.